The van der Waals surface area contributed by atoms with Crippen molar-refractivity contribution in [3.63, 3.8) is 0 Å². The average Bonchev–Trinajstić information content (AvgIpc) is 3.12. The number of aryl methyl sites for hydroxylation is 1. The van der Waals surface area contributed by atoms with E-state index in [0.29, 0.717) is 37.7 Å². The number of para-hydroxylation sites is 2. The monoisotopic (exact) mass is 374 g/mol. The highest BCUT2D eigenvalue weighted by Crippen LogP contribution is 2.25. The smallest absolute Gasteiger partial charge is 0.264 e. The zero-order valence-corrected chi connectivity index (χ0v) is 15.8. The Morgan fingerprint density at radius 1 is 1.00 bits per heavy atom. The number of nitrogens with zero attached hydrogens (tertiary/aromatic N) is 2. The molecule has 6 nitrogen and oxygen atoms in total. The third kappa shape index (κ3) is 4.16. The van der Waals surface area contributed by atoms with Crippen molar-refractivity contribution in [2.45, 2.75) is 6.92 Å². The van der Waals surface area contributed by atoms with Gasteiger partial charge in [0, 0.05) is 31.1 Å². The third-order valence-electron chi connectivity index (χ3n) is 4.29. The molecule has 1 aromatic carbocycles. The molecule has 0 spiro atoms. The van der Waals surface area contributed by atoms with Gasteiger partial charge in [-0.05, 0) is 31.2 Å². The average molecular weight is 374 g/mol. The Bertz CT molecular complexity index is 781. The number of carbonyl (C=O) groups is 2. The minimum atomic E-state index is -0.0880. The fourth-order valence-electron chi connectivity index (χ4n) is 2.83. The van der Waals surface area contributed by atoms with Crippen LogP contribution in [0.25, 0.3) is 0 Å². The van der Waals surface area contributed by atoms with Crippen molar-refractivity contribution in [2.24, 2.45) is 0 Å². The van der Waals surface area contributed by atoms with Crippen LogP contribution in [0.3, 0.4) is 0 Å². The van der Waals surface area contributed by atoms with Crippen LogP contribution in [0.2, 0.25) is 0 Å². The summed E-state index contributed by atoms with van der Waals surface area (Å²) in [5, 5.41) is 0. The van der Waals surface area contributed by atoms with Crippen molar-refractivity contribution in [2.75, 3.05) is 39.9 Å². The molecule has 1 fully saturated rings. The highest BCUT2D eigenvalue weighted by Gasteiger charge is 2.25. The molecule has 2 aromatic rings. The highest BCUT2D eigenvalue weighted by molar-refractivity contribution is 7.13. The largest absolute Gasteiger partial charge is 0.493 e. The van der Waals surface area contributed by atoms with E-state index in [1.165, 1.54) is 11.3 Å². The summed E-state index contributed by atoms with van der Waals surface area (Å²) < 4.78 is 10.8. The van der Waals surface area contributed by atoms with E-state index in [0.717, 1.165) is 9.75 Å². The predicted molar refractivity (Wildman–Crippen MR) is 100 cm³/mol. The molecule has 7 heteroatoms. The maximum Gasteiger partial charge on any atom is 0.264 e. The summed E-state index contributed by atoms with van der Waals surface area (Å²) in [4.78, 5) is 30.3. The molecule has 0 unspecified atom stereocenters. The van der Waals surface area contributed by atoms with Crippen molar-refractivity contribution in [3.05, 3.63) is 46.2 Å². The van der Waals surface area contributed by atoms with E-state index in [1.807, 2.05) is 31.2 Å². The number of methoxy groups -OCH3 is 1. The summed E-state index contributed by atoms with van der Waals surface area (Å²) in [5.74, 6) is 1.10. The Kier molecular flexibility index (Phi) is 5.78. The lowest BCUT2D eigenvalue weighted by molar-refractivity contribution is -0.134. The number of ether oxygens (including phenoxy) is 2. The first-order chi connectivity index (χ1) is 12.6. The van der Waals surface area contributed by atoms with E-state index in [-0.39, 0.29) is 18.4 Å². The Labute approximate surface area is 156 Å². The van der Waals surface area contributed by atoms with E-state index >= 15 is 0 Å². The van der Waals surface area contributed by atoms with Crippen molar-refractivity contribution < 1.29 is 19.1 Å². The molecule has 26 heavy (non-hydrogen) atoms. The molecule has 2 heterocycles. The lowest BCUT2D eigenvalue weighted by atomic mass is 10.3. The number of benzene rings is 1. The zero-order valence-electron chi connectivity index (χ0n) is 14.9. The highest BCUT2D eigenvalue weighted by atomic mass is 32.1. The van der Waals surface area contributed by atoms with Gasteiger partial charge < -0.3 is 19.3 Å². The van der Waals surface area contributed by atoms with Crippen LogP contribution in [0.15, 0.2) is 36.4 Å². The number of carbonyl (C=O) groups excluding carboxylic acids is 2. The molecule has 0 radical (unpaired) electrons. The van der Waals surface area contributed by atoms with Gasteiger partial charge in [0.2, 0.25) is 0 Å². The Hall–Kier alpha value is -2.54. The lowest BCUT2D eigenvalue weighted by Gasteiger charge is -2.34. The Morgan fingerprint density at radius 2 is 1.65 bits per heavy atom. The normalized spacial score (nSPS) is 14.2. The minimum Gasteiger partial charge on any atom is -0.493 e. The maximum absolute atomic E-state index is 12.5. The minimum absolute atomic E-state index is 0.0421. The molecule has 1 saturated heterocycles. The fourth-order valence-corrected chi connectivity index (χ4v) is 3.67. The summed E-state index contributed by atoms with van der Waals surface area (Å²) in [5.41, 5.74) is 0. The van der Waals surface area contributed by atoms with E-state index in [9.17, 15) is 9.59 Å². The SMILES string of the molecule is COc1ccccc1OCC(=O)N1CCN(C(=O)c2ccc(C)s2)CC1. The zero-order chi connectivity index (χ0) is 18.5. The molecule has 138 valence electrons. The number of amides is 2. The molecule has 0 bridgehead atoms. The van der Waals surface area contributed by atoms with E-state index in [4.69, 9.17) is 9.47 Å². The van der Waals surface area contributed by atoms with Crippen LogP contribution in [0.4, 0.5) is 0 Å². The van der Waals surface area contributed by atoms with Gasteiger partial charge in [-0.1, -0.05) is 12.1 Å². The second kappa shape index (κ2) is 8.23. The van der Waals surface area contributed by atoms with Crippen LogP contribution >= 0.6 is 11.3 Å². The molecule has 2 amide bonds. The summed E-state index contributed by atoms with van der Waals surface area (Å²) in [7, 11) is 1.56. The molecule has 3 rings (SSSR count). The third-order valence-corrected chi connectivity index (χ3v) is 5.28. The first-order valence-corrected chi connectivity index (χ1v) is 9.29. The van der Waals surface area contributed by atoms with Crippen LogP contribution in [0, 0.1) is 6.92 Å². The van der Waals surface area contributed by atoms with Crippen molar-refractivity contribution in [1.29, 1.82) is 0 Å². The first kappa shape index (κ1) is 18.3. The molecular weight excluding hydrogens is 352 g/mol. The van der Waals surface area contributed by atoms with Crippen LogP contribution < -0.4 is 9.47 Å². The molecule has 0 N–H and O–H groups in total. The van der Waals surface area contributed by atoms with Crippen LogP contribution in [0.5, 0.6) is 11.5 Å². The number of piperazine rings is 1. The topological polar surface area (TPSA) is 59.1 Å². The van der Waals surface area contributed by atoms with Gasteiger partial charge in [0.25, 0.3) is 11.8 Å². The summed E-state index contributed by atoms with van der Waals surface area (Å²) >= 11 is 1.50. The van der Waals surface area contributed by atoms with E-state index < -0.39 is 0 Å². The Balaban J connectivity index is 1.50. The summed E-state index contributed by atoms with van der Waals surface area (Å²) in [6.45, 7) is 4.05. The van der Waals surface area contributed by atoms with Gasteiger partial charge in [-0.15, -0.1) is 11.3 Å². The quantitative estimate of drug-likeness (QED) is 0.807. The van der Waals surface area contributed by atoms with Gasteiger partial charge >= 0.3 is 0 Å². The van der Waals surface area contributed by atoms with Crippen LogP contribution in [-0.2, 0) is 4.79 Å². The first-order valence-electron chi connectivity index (χ1n) is 8.48. The summed E-state index contributed by atoms with van der Waals surface area (Å²) in [6.07, 6.45) is 0. The molecule has 1 aliphatic rings. The van der Waals surface area contributed by atoms with Crippen molar-refractivity contribution >= 4 is 23.2 Å². The number of hydrogen-bond donors (Lipinski definition) is 0. The standard InChI is InChI=1S/C19H22N2O4S/c1-14-7-8-17(26-14)19(23)21-11-9-20(10-12-21)18(22)13-25-16-6-4-3-5-15(16)24-2/h3-8H,9-13H2,1-2H3. The van der Waals surface area contributed by atoms with E-state index in [1.54, 1.807) is 29.0 Å². The molecule has 0 atom stereocenters. The molecule has 0 saturated carbocycles. The van der Waals surface area contributed by atoms with Gasteiger partial charge in [0.1, 0.15) is 0 Å². The predicted octanol–water partition coefficient (Wildman–Crippen LogP) is 2.43. The second-order valence-electron chi connectivity index (χ2n) is 6.02. The summed E-state index contributed by atoms with van der Waals surface area (Å²) in [6, 6.07) is 11.0. The van der Waals surface area contributed by atoms with Crippen LogP contribution in [0.1, 0.15) is 14.5 Å². The van der Waals surface area contributed by atoms with Crippen LogP contribution in [-0.4, -0.2) is 61.5 Å². The van der Waals surface area contributed by atoms with Crippen molar-refractivity contribution in [3.8, 4) is 11.5 Å². The molecule has 0 aliphatic carbocycles. The molecule has 1 aromatic heterocycles. The Morgan fingerprint density at radius 3 is 2.27 bits per heavy atom. The van der Waals surface area contributed by atoms with E-state index in [2.05, 4.69) is 0 Å². The lowest BCUT2D eigenvalue weighted by Crippen LogP contribution is -2.51. The van der Waals surface area contributed by atoms with Gasteiger partial charge in [-0.25, -0.2) is 0 Å². The number of rotatable bonds is 5. The van der Waals surface area contributed by atoms with Gasteiger partial charge in [-0.3, -0.25) is 9.59 Å². The van der Waals surface area contributed by atoms with Gasteiger partial charge in [-0.2, -0.15) is 0 Å². The second-order valence-corrected chi connectivity index (χ2v) is 7.31. The maximum atomic E-state index is 12.5. The van der Waals surface area contributed by atoms with Gasteiger partial charge in [0.15, 0.2) is 18.1 Å². The van der Waals surface area contributed by atoms with Gasteiger partial charge in [0.05, 0.1) is 12.0 Å². The number of thiophene rings is 1. The number of hydrogen-bond acceptors (Lipinski definition) is 5. The molecule has 1 aliphatic heterocycles. The fraction of sp³-hybridized carbons (Fsp3) is 0.368. The molecular formula is C19H22N2O4S. The van der Waals surface area contributed by atoms with Crippen molar-refractivity contribution in [1.82, 2.24) is 9.80 Å².